The minimum absolute atomic E-state index is 0.0817. The summed E-state index contributed by atoms with van der Waals surface area (Å²) in [5, 5.41) is 9.15. The minimum atomic E-state index is -3.44. The number of rotatable bonds is 9. The van der Waals surface area contributed by atoms with E-state index >= 15 is 0 Å². The third-order valence-electron chi connectivity index (χ3n) is 4.75. The lowest BCUT2D eigenvalue weighted by molar-refractivity contribution is 0.130. The number of hydrogen-bond acceptors (Lipinski definition) is 9. The number of sulfone groups is 1. The molecule has 0 bridgehead atoms. The zero-order valence-corrected chi connectivity index (χ0v) is 19.3. The number of nitrogens with zero attached hydrogens (tertiary/aromatic N) is 3. The number of nitrogens with one attached hydrogen (secondary N) is 1. The number of aliphatic imine (C=N–C) groups is 1. The molecule has 1 unspecified atom stereocenters. The summed E-state index contributed by atoms with van der Waals surface area (Å²) in [5.41, 5.74) is 1.66. The molecule has 2 atom stereocenters. The molecule has 180 valence electrons. The third kappa shape index (κ3) is 5.51. The van der Waals surface area contributed by atoms with E-state index in [4.69, 9.17) is 14.2 Å². The summed E-state index contributed by atoms with van der Waals surface area (Å²) in [6, 6.07) is 9.46. The highest BCUT2D eigenvalue weighted by Crippen LogP contribution is 2.30. The maximum Gasteiger partial charge on any atom is 0.233 e. The summed E-state index contributed by atoms with van der Waals surface area (Å²) in [6.45, 7) is 1.15. The van der Waals surface area contributed by atoms with Gasteiger partial charge in [0.1, 0.15) is 36.1 Å². The molecule has 3 aromatic rings. The smallest absolute Gasteiger partial charge is 0.233 e. The largest absolute Gasteiger partial charge is 0.488 e. The summed E-state index contributed by atoms with van der Waals surface area (Å²) in [4.78, 5) is 15.8. The average Bonchev–Trinajstić information content (AvgIpc) is 3.48. The van der Waals surface area contributed by atoms with Crippen LogP contribution in [-0.2, 0) is 14.6 Å². The van der Waals surface area contributed by atoms with E-state index in [-0.39, 0.29) is 29.4 Å². The van der Waals surface area contributed by atoms with Crippen LogP contribution < -0.4 is 9.47 Å². The normalized spacial score (nSPS) is 16.6. The Balaban J connectivity index is 1.63. The first-order valence-corrected chi connectivity index (χ1v) is 12.2. The molecule has 1 aliphatic heterocycles. The van der Waals surface area contributed by atoms with Crippen LogP contribution in [0.3, 0.4) is 0 Å². The van der Waals surface area contributed by atoms with E-state index in [9.17, 15) is 17.9 Å². The lowest BCUT2D eigenvalue weighted by atomic mass is 10.2. The summed E-state index contributed by atoms with van der Waals surface area (Å²) in [7, 11) is -3.44. The molecule has 0 amide bonds. The predicted molar refractivity (Wildman–Crippen MR) is 121 cm³/mol. The van der Waals surface area contributed by atoms with Crippen molar-refractivity contribution in [1.29, 1.82) is 0 Å². The molecule has 34 heavy (non-hydrogen) atoms. The van der Waals surface area contributed by atoms with Gasteiger partial charge in [-0.25, -0.2) is 27.8 Å². The van der Waals surface area contributed by atoms with Crippen molar-refractivity contribution in [2.45, 2.75) is 24.2 Å². The minimum Gasteiger partial charge on any atom is -0.488 e. The van der Waals surface area contributed by atoms with Crippen LogP contribution in [0.25, 0.3) is 11.4 Å². The van der Waals surface area contributed by atoms with Gasteiger partial charge in [-0.3, -0.25) is 0 Å². The Bertz CT molecular complexity index is 1290. The SMILES string of the molecule is C[C@@H](CF)Oc1cc(Oc2ccc(S(C)(=O)=O)nc2)nc(-c2ccc(C3=NCC(CO)O3)[nH]2)c1. The van der Waals surface area contributed by atoms with Crippen molar-refractivity contribution in [3.05, 3.63) is 48.3 Å². The molecular weight excluding hydrogens is 467 g/mol. The van der Waals surface area contributed by atoms with Gasteiger partial charge in [0, 0.05) is 18.4 Å². The van der Waals surface area contributed by atoms with Crippen molar-refractivity contribution in [1.82, 2.24) is 15.0 Å². The van der Waals surface area contributed by atoms with Gasteiger partial charge in [0.25, 0.3) is 0 Å². The van der Waals surface area contributed by atoms with Crippen LogP contribution in [0.2, 0.25) is 0 Å². The second-order valence-corrected chi connectivity index (χ2v) is 9.63. The molecule has 0 radical (unpaired) electrons. The van der Waals surface area contributed by atoms with Gasteiger partial charge < -0.3 is 24.3 Å². The Morgan fingerprint density at radius 2 is 2.03 bits per heavy atom. The molecule has 0 saturated carbocycles. The number of alkyl halides is 1. The molecule has 1 aliphatic rings. The van der Waals surface area contributed by atoms with E-state index in [1.807, 2.05) is 0 Å². The summed E-state index contributed by atoms with van der Waals surface area (Å²) in [6.07, 6.45) is 1.28. The van der Waals surface area contributed by atoms with Crippen molar-refractivity contribution in [3.8, 4) is 28.8 Å². The van der Waals surface area contributed by atoms with Gasteiger partial charge in [0.05, 0.1) is 30.7 Å². The molecule has 3 aromatic heterocycles. The van der Waals surface area contributed by atoms with Crippen LogP contribution in [0.1, 0.15) is 12.6 Å². The highest BCUT2D eigenvalue weighted by molar-refractivity contribution is 7.90. The van der Waals surface area contributed by atoms with Crippen LogP contribution in [0.15, 0.2) is 52.6 Å². The summed E-state index contributed by atoms with van der Waals surface area (Å²) < 4.78 is 53.2. The Morgan fingerprint density at radius 3 is 2.68 bits per heavy atom. The quantitative estimate of drug-likeness (QED) is 0.467. The van der Waals surface area contributed by atoms with E-state index in [0.717, 1.165) is 6.26 Å². The zero-order valence-electron chi connectivity index (χ0n) is 18.4. The Labute approximate surface area is 195 Å². The topological polar surface area (TPSA) is 136 Å². The van der Waals surface area contributed by atoms with Crippen molar-refractivity contribution >= 4 is 15.7 Å². The van der Waals surface area contributed by atoms with E-state index in [2.05, 4.69) is 19.9 Å². The maximum absolute atomic E-state index is 13.0. The van der Waals surface area contributed by atoms with Crippen LogP contribution in [0.4, 0.5) is 4.39 Å². The monoisotopic (exact) mass is 490 g/mol. The molecule has 0 fully saturated rings. The number of aromatic amines is 1. The van der Waals surface area contributed by atoms with Gasteiger partial charge in [-0.05, 0) is 31.2 Å². The second-order valence-electron chi connectivity index (χ2n) is 7.67. The number of halogens is 1. The number of pyridine rings is 2. The fourth-order valence-electron chi connectivity index (χ4n) is 3.10. The van der Waals surface area contributed by atoms with E-state index < -0.39 is 22.6 Å². The maximum atomic E-state index is 13.0. The lowest BCUT2D eigenvalue weighted by Gasteiger charge is -2.14. The van der Waals surface area contributed by atoms with E-state index in [0.29, 0.717) is 35.3 Å². The number of aliphatic hydroxyl groups is 1. The fraction of sp³-hybridized carbons (Fsp3) is 0.318. The lowest BCUT2D eigenvalue weighted by Crippen LogP contribution is -2.17. The van der Waals surface area contributed by atoms with Crippen molar-refractivity contribution in [2.24, 2.45) is 4.99 Å². The highest BCUT2D eigenvalue weighted by Gasteiger charge is 2.22. The number of H-pyrrole nitrogens is 1. The molecule has 4 rings (SSSR count). The van der Waals surface area contributed by atoms with Crippen molar-refractivity contribution in [3.63, 3.8) is 0 Å². The molecule has 12 heteroatoms. The number of aliphatic hydroxyl groups excluding tert-OH is 1. The van der Waals surface area contributed by atoms with E-state index in [1.54, 1.807) is 25.1 Å². The Kier molecular flexibility index (Phi) is 6.80. The zero-order chi connectivity index (χ0) is 24.3. The second kappa shape index (κ2) is 9.77. The molecule has 10 nitrogen and oxygen atoms in total. The molecule has 2 N–H and O–H groups in total. The van der Waals surface area contributed by atoms with Crippen LogP contribution >= 0.6 is 0 Å². The van der Waals surface area contributed by atoms with Gasteiger partial charge in [-0.15, -0.1) is 0 Å². The third-order valence-corrected chi connectivity index (χ3v) is 5.76. The van der Waals surface area contributed by atoms with Crippen LogP contribution in [0.5, 0.6) is 17.4 Å². The Morgan fingerprint density at radius 1 is 1.24 bits per heavy atom. The first-order chi connectivity index (χ1) is 16.2. The Hall–Kier alpha value is -3.51. The average molecular weight is 491 g/mol. The van der Waals surface area contributed by atoms with Crippen molar-refractivity contribution in [2.75, 3.05) is 26.1 Å². The van der Waals surface area contributed by atoms with Gasteiger partial charge in [0.2, 0.25) is 11.8 Å². The first kappa shape index (κ1) is 23.6. The predicted octanol–water partition coefficient (Wildman–Crippen LogP) is 2.54. The standard InChI is InChI=1S/C22H23FN4O6S/c1-13(9-23)31-15-7-19(17-4-5-18(26-17)22-25-11-16(12-28)33-22)27-20(8-15)32-14-3-6-21(24-10-14)34(2,29)30/h3-8,10,13,16,26,28H,9,11-12H2,1-2H3/t13-,16?/m0/s1. The number of aromatic nitrogens is 3. The molecular formula is C22H23FN4O6S. The van der Waals surface area contributed by atoms with Crippen LogP contribution in [0, 0.1) is 0 Å². The van der Waals surface area contributed by atoms with E-state index in [1.165, 1.54) is 24.4 Å². The highest BCUT2D eigenvalue weighted by atomic mass is 32.2. The summed E-state index contributed by atoms with van der Waals surface area (Å²) in [5.74, 6) is 1.12. The van der Waals surface area contributed by atoms with Gasteiger partial charge in [-0.2, -0.15) is 0 Å². The van der Waals surface area contributed by atoms with Gasteiger partial charge in [-0.1, -0.05) is 0 Å². The van der Waals surface area contributed by atoms with Crippen LogP contribution in [-0.4, -0.2) is 72.7 Å². The van der Waals surface area contributed by atoms with Gasteiger partial charge >= 0.3 is 0 Å². The number of hydrogen-bond donors (Lipinski definition) is 2. The van der Waals surface area contributed by atoms with Gasteiger partial charge in [0.15, 0.2) is 14.9 Å². The fourth-order valence-corrected chi connectivity index (χ4v) is 3.66. The molecule has 4 heterocycles. The molecule has 0 aliphatic carbocycles. The molecule has 0 aromatic carbocycles. The molecule has 0 spiro atoms. The first-order valence-electron chi connectivity index (χ1n) is 10.4. The molecule has 0 saturated heterocycles. The summed E-state index contributed by atoms with van der Waals surface area (Å²) >= 11 is 0. The van der Waals surface area contributed by atoms with Crippen molar-refractivity contribution < 1.29 is 32.1 Å². The number of ether oxygens (including phenoxy) is 3.